The Kier molecular flexibility index (Phi) is 3.19. The van der Waals surface area contributed by atoms with Gasteiger partial charge in [-0.25, -0.2) is 0 Å². The summed E-state index contributed by atoms with van der Waals surface area (Å²) in [6, 6.07) is 3.90. The molecule has 0 bridgehead atoms. The van der Waals surface area contributed by atoms with Crippen LogP contribution in [-0.4, -0.2) is 6.61 Å². The fourth-order valence-electron chi connectivity index (χ4n) is 1.52. The summed E-state index contributed by atoms with van der Waals surface area (Å²) in [6.07, 6.45) is 3.94. The van der Waals surface area contributed by atoms with Crippen molar-refractivity contribution in [2.24, 2.45) is 5.92 Å². The SMILES string of the molecule is Cc1cc(OCCC2CC2)c(Br)cc1N. The van der Waals surface area contributed by atoms with Crippen LogP contribution in [0, 0.1) is 12.8 Å². The summed E-state index contributed by atoms with van der Waals surface area (Å²) in [5.74, 6) is 1.82. The summed E-state index contributed by atoms with van der Waals surface area (Å²) in [5, 5.41) is 0. The number of benzene rings is 1. The van der Waals surface area contributed by atoms with Crippen molar-refractivity contribution in [3.63, 3.8) is 0 Å². The maximum Gasteiger partial charge on any atom is 0.133 e. The van der Waals surface area contributed by atoms with E-state index in [1.165, 1.54) is 19.3 Å². The van der Waals surface area contributed by atoms with Crippen molar-refractivity contribution in [1.29, 1.82) is 0 Å². The zero-order valence-electron chi connectivity index (χ0n) is 8.92. The summed E-state index contributed by atoms with van der Waals surface area (Å²) in [4.78, 5) is 0. The lowest BCUT2D eigenvalue weighted by molar-refractivity contribution is 0.300. The number of hydrogen-bond acceptors (Lipinski definition) is 2. The van der Waals surface area contributed by atoms with E-state index in [4.69, 9.17) is 10.5 Å². The standard InChI is InChI=1S/C12H16BrNO/c1-8-6-12(10(13)7-11(8)14)15-5-4-9-2-3-9/h6-7,9H,2-5,14H2,1H3. The number of hydrogen-bond donors (Lipinski definition) is 1. The molecule has 0 amide bonds. The molecule has 0 radical (unpaired) electrons. The number of rotatable bonds is 4. The lowest BCUT2D eigenvalue weighted by Gasteiger charge is -2.10. The largest absolute Gasteiger partial charge is 0.492 e. The second kappa shape index (κ2) is 4.44. The molecule has 82 valence electrons. The van der Waals surface area contributed by atoms with Crippen LogP contribution in [0.5, 0.6) is 5.75 Å². The Hall–Kier alpha value is -0.700. The highest BCUT2D eigenvalue weighted by Gasteiger charge is 2.20. The smallest absolute Gasteiger partial charge is 0.133 e. The molecular weight excluding hydrogens is 254 g/mol. The van der Waals surface area contributed by atoms with E-state index in [2.05, 4.69) is 15.9 Å². The maximum absolute atomic E-state index is 5.79. The monoisotopic (exact) mass is 269 g/mol. The van der Waals surface area contributed by atoms with Gasteiger partial charge < -0.3 is 10.5 Å². The number of halogens is 1. The summed E-state index contributed by atoms with van der Waals surface area (Å²) < 4.78 is 6.67. The molecule has 1 aromatic rings. The molecule has 1 saturated carbocycles. The summed E-state index contributed by atoms with van der Waals surface area (Å²) >= 11 is 3.46. The topological polar surface area (TPSA) is 35.2 Å². The molecule has 0 unspecified atom stereocenters. The zero-order chi connectivity index (χ0) is 10.8. The Morgan fingerprint density at radius 3 is 2.87 bits per heavy atom. The maximum atomic E-state index is 5.79. The minimum absolute atomic E-state index is 0.802. The van der Waals surface area contributed by atoms with Crippen LogP contribution in [0.3, 0.4) is 0 Å². The van der Waals surface area contributed by atoms with Gasteiger partial charge in [-0.1, -0.05) is 12.8 Å². The van der Waals surface area contributed by atoms with Gasteiger partial charge in [-0.05, 0) is 52.9 Å². The molecule has 1 aliphatic carbocycles. The molecule has 0 saturated heterocycles. The number of ether oxygens (including phenoxy) is 1. The van der Waals surface area contributed by atoms with Crippen molar-refractivity contribution in [2.75, 3.05) is 12.3 Å². The number of nitrogen functional groups attached to an aromatic ring is 1. The highest BCUT2D eigenvalue weighted by atomic mass is 79.9. The second-order valence-corrected chi connectivity index (χ2v) is 5.07. The van der Waals surface area contributed by atoms with Crippen LogP contribution in [0.15, 0.2) is 16.6 Å². The van der Waals surface area contributed by atoms with E-state index in [-0.39, 0.29) is 0 Å². The van der Waals surface area contributed by atoms with E-state index in [0.717, 1.165) is 34.0 Å². The van der Waals surface area contributed by atoms with E-state index >= 15 is 0 Å². The number of anilines is 1. The summed E-state index contributed by atoms with van der Waals surface area (Å²) in [6.45, 7) is 2.81. The molecule has 2 N–H and O–H groups in total. The molecule has 0 heterocycles. The Balaban J connectivity index is 1.96. The van der Waals surface area contributed by atoms with Crippen molar-refractivity contribution >= 4 is 21.6 Å². The van der Waals surface area contributed by atoms with Crippen LogP contribution in [0.25, 0.3) is 0 Å². The van der Waals surface area contributed by atoms with Gasteiger partial charge in [0.15, 0.2) is 0 Å². The van der Waals surface area contributed by atoms with E-state index < -0.39 is 0 Å². The first-order valence-electron chi connectivity index (χ1n) is 5.35. The van der Waals surface area contributed by atoms with Gasteiger partial charge in [0.1, 0.15) is 5.75 Å². The third kappa shape index (κ3) is 2.88. The highest BCUT2D eigenvalue weighted by molar-refractivity contribution is 9.10. The van der Waals surface area contributed by atoms with Gasteiger partial charge in [-0.2, -0.15) is 0 Å². The van der Waals surface area contributed by atoms with Crippen LogP contribution in [0.2, 0.25) is 0 Å². The molecule has 0 atom stereocenters. The first-order chi connectivity index (χ1) is 7.16. The summed E-state index contributed by atoms with van der Waals surface area (Å²) in [5.41, 5.74) is 7.66. The molecule has 1 aromatic carbocycles. The molecule has 2 nitrogen and oxygen atoms in total. The molecule has 1 aliphatic rings. The minimum atomic E-state index is 0.802. The van der Waals surface area contributed by atoms with Crippen LogP contribution >= 0.6 is 15.9 Å². The Morgan fingerprint density at radius 2 is 2.20 bits per heavy atom. The quantitative estimate of drug-likeness (QED) is 0.849. The van der Waals surface area contributed by atoms with Gasteiger partial charge in [0.2, 0.25) is 0 Å². The fourth-order valence-corrected chi connectivity index (χ4v) is 2.00. The zero-order valence-corrected chi connectivity index (χ0v) is 10.5. The van der Waals surface area contributed by atoms with Gasteiger partial charge in [-0.15, -0.1) is 0 Å². The van der Waals surface area contributed by atoms with Gasteiger partial charge in [0.25, 0.3) is 0 Å². The number of aryl methyl sites for hydroxylation is 1. The third-order valence-electron chi connectivity index (χ3n) is 2.80. The van der Waals surface area contributed by atoms with Crippen LogP contribution in [0.1, 0.15) is 24.8 Å². The van der Waals surface area contributed by atoms with Crippen LogP contribution < -0.4 is 10.5 Å². The van der Waals surface area contributed by atoms with Gasteiger partial charge in [0, 0.05) is 5.69 Å². The fraction of sp³-hybridized carbons (Fsp3) is 0.500. The molecule has 1 fully saturated rings. The van der Waals surface area contributed by atoms with Crippen molar-refractivity contribution < 1.29 is 4.74 Å². The van der Waals surface area contributed by atoms with Crippen molar-refractivity contribution in [3.05, 3.63) is 22.2 Å². The predicted molar refractivity (Wildman–Crippen MR) is 66.1 cm³/mol. The lowest BCUT2D eigenvalue weighted by atomic mass is 10.2. The van der Waals surface area contributed by atoms with E-state index in [1.807, 2.05) is 19.1 Å². The van der Waals surface area contributed by atoms with Gasteiger partial charge >= 0.3 is 0 Å². The Morgan fingerprint density at radius 1 is 1.47 bits per heavy atom. The average molecular weight is 270 g/mol. The molecule has 0 aliphatic heterocycles. The van der Waals surface area contributed by atoms with Gasteiger partial charge in [-0.3, -0.25) is 0 Å². The Bertz CT molecular complexity index is 361. The predicted octanol–water partition coefficient (Wildman–Crippen LogP) is 3.52. The molecule has 0 spiro atoms. The average Bonchev–Trinajstić information content (AvgIpc) is 2.97. The van der Waals surface area contributed by atoms with E-state index in [1.54, 1.807) is 0 Å². The first-order valence-corrected chi connectivity index (χ1v) is 6.14. The normalized spacial score (nSPS) is 15.3. The first kappa shape index (κ1) is 10.8. The minimum Gasteiger partial charge on any atom is -0.492 e. The molecule has 0 aromatic heterocycles. The molecular formula is C12H16BrNO. The van der Waals surface area contributed by atoms with E-state index in [9.17, 15) is 0 Å². The third-order valence-corrected chi connectivity index (χ3v) is 3.42. The van der Waals surface area contributed by atoms with E-state index in [0.29, 0.717) is 0 Å². The lowest BCUT2D eigenvalue weighted by Crippen LogP contribution is -2.00. The second-order valence-electron chi connectivity index (χ2n) is 4.22. The Labute approximate surface area is 98.9 Å². The molecule has 2 rings (SSSR count). The molecule has 3 heteroatoms. The van der Waals surface area contributed by atoms with Crippen molar-refractivity contribution in [2.45, 2.75) is 26.2 Å². The van der Waals surface area contributed by atoms with Crippen LogP contribution in [-0.2, 0) is 0 Å². The van der Waals surface area contributed by atoms with Crippen molar-refractivity contribution in [3.8, 4) is 5.75 Å². The van der Waals surface area contributed by atoms with Crippen molar-refractivity contribution in [1.82, 2.24) is 0 Å². The van der Waals surface area contributed by atoms with Crippen LogP contribution in [0.4, 0.5) is 5.69 Å². The highest BCUT2D eigenvalue weighted by Crippen LogP contribution is 2.34. The summed E-state index contributed by atoms with van der Waals surface area (Å²) in [7, 11) is 0. The molecule has 15 heavy (non-hydrogen) atoms. The van der Waals surface area contributed by atoms with Gasteiger partial charge in [0.05, 0.1) is 11.1 Å². The number of nitrogens with two attached hydrogens (primary N) is 1.